The molecule has 0 saturated heterocycles. The van der Waals surface area contributed by atoms with E-state index in [-0.39, 0.29) is 5.75 Å². The summed E-state index contributed by atoms with van der Waals surface area (Å²) in [6, 6.07) is 5.20. The predicted octanol–water partition coefficient (Wildman–Crippen LogP) is 2.28. The number of hydrogen-bond donors (Lipinski definition) is 1. The molecule has 0 amide bonds. The number of anilines is 1. The van der Waals surface area contributed by atoms with Crippen LogP contribution in [0.15, 0.2) is 24.4 Å². The van der Waals surface area contributed by atoms with E-state index in [9.17, 15) is 5.11 Å². The lowest BCUT2D eigenvalue weighted by Gasteiger charge is -2.21. The number of fused-ring (bicyclic) bond motifs is 2. The van der Waals surface area contributed by atoms with Gasteiger partial charge in [-0.3, -0.25) is 4.57 Å². The zero-order valence-electron chi connectivity index (χ0n) is 14.8. The first-order valence-corrected chi connectivity index (χ1v) is 9.70. The van der Waals surface area contributed by atoms with E-state index < -0.39 is 0 Å². The van der Waals surface area contributed by atoms with Crippen molar-refractivity contribution in [3.63, 3.8) is 0 Å². The van der Waals surface area contributed by atoms with Crippen LogP contribution in [0.2, 0.25) is 0 Å². The number of aryl methyl sites for hydroxylation is 1. The van der Waals surface area contributed by atoms with E-state index in [0.29, 0.717) is 6.54 Å². The Labute approximate surface area is 158 Å². The summed E-state index contributed by atoms with van der Waals surface area (Å²) in [7, 11) is 0. The van der Waals surface area contributed by atoms with Crippen LogP contribution in [0.3, 0.4) is 0 Å². The van der Waals surface area contributed by atoms with Crippen LogP contribution >= 0.6 is 11.3 Å². The number of phenolic OH excluding ortho intramolecular Hbond substituents is 1. The number of hydrogen-bond acceptors (Lipinski definition) is 8. The molecule has 9 nitrogen and oxygen atoms in total. The van der Waals surface area contributed by atoms with Gasteiger partial charge in [0.2, 0.25) is 5.95 Å². The Morgan fingerprint density at radius 3 is 3.04 bits per heavy atom. The molecule has 0 radical (unpaired) electrons. The van der Waals surface area contributed by atoms with Crippen molar-refractivity contribution in [1.29, 1.82) is 0 Å². The quantitative estimate of drug-likeness (QED) is 0.580. The van der Waals surface area contributed by atoms with Crippen LogP contribution in [0.25, 0.3) is 21.0 Å². The average Bonchev–Trinajstić information content (AvgIpc) is 3.36. The lowest BCUT2D eigenvalue weighted by molar-refractivity contribution is 0.476. The van der Waals surface area contributed by atoms with E-state index in [2.05, 4.69) is 41.9 Å². The van der Waals surface area contributed by atoms with Crippen LogP contribution in [0.5, 0.6) is 5.75 Å². The summed E-state index contributed by atoms with van der Waals surface area (Å²) in [6.07, 6.45) is 2.79. The molecular formula is C17H18N8OS. The zero-order chi connectivity index (χ0) is 18.4. The summed E-state index contributed by atoms with van der Waals surface area (Å²) < 4.78 is 4.98. The van der Waals surface area contributed by atoms with Gasteiger partial charge in [-0.25, -0.2) is 9.67 Å². The van der Waals surface area contributed by atoms with Gasteiger partial charge < -0.3 is 10.0 Å². The number of aromatic hydroxyl groups is 1. The molecule has 0 unspecified atom stereocenters. The van der Waals surface area contributed by atoms with Crippen LogP contribution in [0.1, 0.15) is 19.0 Å². The van der Waals surface area contributed by atoms with Crippen molar-refractivity contribution in [1.82, 2.24) is 34.7 Å². The number of thiazole rings is 1. The molecular weight excluding hydrogens is 364 g/mol. The van der Waals surface area contributed by atoms with Crippen molar-refractivity contribution in [2.24, 2.45) is 0 Å². The highest BCUT2D eigenvalue weighted by Crippen LogP contribution is 2.33. The van der Waals surface area contributed by atoms with Crippen molar-refractivity contribution >= 4 is 27.5 Å². The Bertz CT molecular complexity index is 1110. The summed E-state index contributed by atoms with van der Waals surface area (Å²) in [4.78, 5) is 6.90. The van der Waals surface area contributed by atoms with Crippen molar-refractivity contribution in [2.75, 3.05) is 11.4 Å². The molecule has 0 fully saturated rings. The molecule has 27 heavy (non-hydrogen) atoms. The van der Waals surface area contributed by atoms with Gasteiger partial charge in [0, 0.05) is 19.6 Å². The monoisotopic (exact) mass is 382 g/mol. The van der Waals surface area contributed by atoms with Crippen molar-refractivity contribution < 1.29 is 5.11 Å². The zero-order valence-corrected chi connectivity index (χ0v) is 15.6. The number of benzene rings is 1. The van der Waals surface area contributed by atoms with E-state index in [1.165, 1.54) is 11.3 Å². The SMILES string of the molecule is CCn1c(-c2nc3ccc(O)cc3s2)nnc1N1CCCn2nncc2C1. The normalized spacial score (nSPS) is 14.5. The van der Waals surface area contributed by atoms with Gasteiger partial charge in [0.25, 0.3) is 0 Å². The first-order chi connectivity index (χ1) is 13.2. The summed E-state index contributed by atoms with van der Waals surface area (Å²) >= 11 is 1.51. The number of nitrogens with zero attached hydrogens (tertiary/aromatic N) is 8. The van der Waals surface area contributed by atoms with Gasteiger partial charge >= 0.3 is 0 Å². The minimum atomic E-state index is 0.241. The molecule has 138 valence electrons. The van der Waals surface area contributed by atoms with Gasteiger partial charge in [0.1, 0.15) is 5.75 Å². The second-order valence-corrected chi connectivity index (χ2v) is 7.49. The molecule has 1 N–H and O–H groups in total. The minimum Gasteiger partial charge on any atom is -0.508 e. The highest BCUT2D eigenvalue weighted by atomic mass is 32.1. The molecule has 0 aliphatic carbocycles. The van der Waals surface area contributed by atoms with Gasteiger partial charge in [0.05, 0.1) is 28.7 Å². The minimum absolute atomic E-state index is 0.241. The molecule has 1 aliphatic rings. The van der Waals surface area contributed by atoms with Crippen molar-refractivity contribution in [3.8, 4) is 16.6 Å². The van der Waals surface area contributed by atoms with Crippen molar-refractivity contribution in [2.45, 2.75) is 33.0 Å². The second kappa shape index (κ2) is 6.31. The maximum absolute atomic E-state index is 9.70. The molecule has 0 saturated carbocycles. The molecule has 0 atom stereocenters. The van der Waals surface area contributed by atoms with E-state index in [0.717, 1.165) is 58.7 Å². The number of phenols is 1. The third-order valence-electron chi connectivity index (χ3n) is 4.74. The molecule has 4 heterocycles. The smallest absolute Gasteiger partial charge is 0.227 e. The van der Waals surface area contributed by atoms with Gasteiger partial charge in [-0.2, -0.15) is 0 Å². The largest absolute Gasteiger partial charge is 0.508 e. The lowest BCUT2D eigenvalue weighted by atomic mass is 10.3. The molecule has 0 bridgehead atoms. The third kappa shape index (κ3) is 2.72. The van der Waals surface area contributed by atoms with E-state index >= 15 is 0 Å². The van der Waals surface area contributed by atoms with Crippen LogP contribution < -0.4 is 4.90 Å². The van der Waals surface area contributed by atoms with Gasteiger partial charge in [-0.05, 0) is 31.5 Å². The summed E-state index contributed by atoms with van der Waals surface area (Å²) in [6.45, 7) is 5.28. The van der Waals surface area contributed by atoms with Crippen molar-refractivity contribution in [3.05, 3.63) is 30.1 Å². The van der Waals surface area contributed by atoms with Gasteiger partial charge in [0.15, 0.2) is 10.8 Å². The third-order valence-corrected chi connectivity index (χ3v) is 5.76. The van der Waals surface area contributed by atoms with Crippen LogP contribution in [0, 0.1) is 0 Å². The fourth-order valence-corrected chi connectivity index (χ4v) is 4.43. The molecule has 0 spiro atoms. The maximum atomic E-state index is 9.70. The fourth-order valence-electron chi connectivity index (χ4n) is 3.43. The molecule has 10 heteroatoms. The Hall–Kier alpha value is -3.01. The van der Waals surface area contributed by atoms with Gasteiger partial charge in [-0.15, -0.1) is 26.6 Å². The highest BCUT2D eigenvalue weighted by Gasteiger charge is 2.23. The number of rotatable bonds is 3. The lowest BCUT2D eigenvalue weighted by Crippen LogP contribution is -2.26. The Morgan fingerprint density at radius 2 is 2.15 bits per heavy atom. The molecule has 1 aliphatic heterocycles. The Kier molecular flexibility index (Phi) is 3.78. The summed E-state index contributed by atoms with van der Waals surface area (Å²) in [5.41, 5.74) is 1.93. The van der Waals surface area contributed by atoms with E-state index in [1.54, 1.807) is 12.1 Å². The van der Waals surface area contributed by atoms with Crippen LogP contribution in [0.4, 0.5) is 5.95 Å². The number of aromatic nitrogens is 7. The van der Waals surface area contributed by atoms with Crippen LogP contribution in [-0.2, 0) is 19.6 Å². The van der Waals surface area contributed by atoms with E-state index in [1.807, 2.05) is 16.9 Å². The van der Waals surface area contributed by atoms with Gasteiger partial charge in [-0.1, -0.05) is 5.21 Å². The fraction of sp³-hybridized carbons (Fsp3) is 0.353. The molecule has 1 aromatic carbocycles. The summed E-state index contributed by atoms with van der Waals surface area (Å²) in [5, 5.41) is 27.6. The molecule has 5 rings (SSSR count). The maximum Gasteiger partial charge on any atom is 0.227 e. The highest BCUT2D eigenvalue weighted by molar-refractivity contribution is 7.21. The Balaban J connectivity index is 1.54. The van der Waals surface area contributed by atoms with Crippen LogP contribution in [-0.4, -0.2) is 46.4 Å². The average molecular weight is 382 g/mol. The summed E-state index contributed by atoms with van der Waals surface area (Å²) in [5.74, 6) is 1.83. The first kappa shape index (κ1) is 16.2. The topological polar surface area (TPSA) is 97.8 Å². The molecule has 3 aromatic heterocycles. The predicted molar refractivity (Wildman–Crippen MR) is 102 cm³/mol. The molecule has 4 aromatic rings. The first-order valence-electron chi connectivity index (χ1n) is 8.88. The van der Waals surface area contributed by atoms with E-state index in [4.69, 9.17) is 0 Å². The second-order valence-electron chi connectivity index (χ2n) is 6.46. The standard InChI is InChI=1S/C17H18N8OS/c1-2-24-15(16-19-13-5-4-12(26)8-14(13)27-16)20-21-17(24)23-6-3-7-25-11(10-23)9-18-22-25/h4-5,8-9,26H,2-3,6-7,10H2,1H3. The Morgan fingerprint density at radius 1 is 1.22 bits per heavy atom.